The van der Waals surface area contributed by atoms with Gasteiger partial charge < -0.3 is 4.48 Å². The Kier molecular flexibility index (Phi) is 10.4. The Hall–Kier alpha value is -2.41. The predicted octanol–water partition coefficient (Wildman–Crippen LogP) is 5.74. The van der Waals surface area contributed by atoms with E-state index in [4.69, 9.17) is 7.85 Å². The van der Waals surface area contributed by atoms with E-state index in [1.165, 1.54) is 16.7 Å². The molecule has 4 nitrogen and oxygen atoms in total. The quantitative estimate of drug-likeness (QED) is 0.160. The second-order valence-corrected chi connectivity index (χ2v) is 12.9. The van der Waals surface area contributed by atoms with Gasteiger partial charge in [-0.1, -0.05) is 76.2 Å². The van der Waals surface area contributed by atoms with E-state index in [0.29, 0.717) is 18.6 Å². The zero-order valence-corrected chi connectivity index (χ0v) is 24.9. The largest absolute Gasteiger partial charge is 0.320 e. The van der Waals surface area contributed by atoms with Crippen molar-refractivity contribution in [2.24, 2.45) is 0 Å². The van der Waals surface area contributed by atoms with Crippen LogP contribution < -0.4 is 5.46 Å². The van der Waals surface area contributed by atoms with Crippen LogP contribution in [-0.2, 0) is 23.1 Å². The van der Waals surface area contributed by atoms with Gasteiger partial charge in [-0.3, -0.25) is 0 Å². The maximum absolute atomic E-state index is 13.7. The zero-order valence-electron chi connectivity index (χ0n) is 24.1. The average molecular weight is 532 g/mol. The normalized spacial score (nSPS) is 12.3. The molecule has 0 bridgehead atoms. The van der Waals surface area contributed by atoms with E-state index in [2.05, 4.69) is 77.9 Å². The van der Waals surface area contributed by atoms with Crippen LogP contribution in [0.3, 0.4) is 0 Å². The molecule has 0 saturated carbocycles. The molecular weight excluding hydrogens is 487 g/mol. The Balaban J connectivity index is 1.77. The third kappa shape index (κ3) is 8.05. The van der Waals surface area contributed by atoms with E-state index in [1.54, 1.807) is 28.6 Å². The average Bonchev–Trinajstić information content (AvgIpc) is 2.84. The number of benzene rings is 3. The van der Waals surface area contributed by atoms with Crippen LogP contribution in [0.2, 0.25) is 0 Å². The highest BCUT2D eigenvalue weighted by Crippen LogP contribution is 2.22. The Labute approximate surface area is 232 Å². The summed E-state index contributed by atoms with van der Waals surface area (Å²) in [6, 6.07) is 19.7. The van der Waals surface area contributed by atoms with Crippen LogP contribution in [0.4, 0.5) is 0 Å². The number of unbranched alkanes of at least 4 members (excludes halogenated alkanes) is 1. The van der Waals surface area contributed by atoms with Crippen molar-refractivity contribution < 1.29 is 12.9 Å². The predicted molar refractivity (Wildman–Crippen MR) is 160 cm³/mol. The highest BCUT2D eigenvalue weighted by Gasteiger charge is 2.27. The number of hydrogen-bond acceptors (Lipinski definition) is 2. The smallest absolute Gasteiger partial charge is 0.243 e. The molecule has 0 atom stereocenters. The topological polar surface area (TPSA) is 37.4 Å². The minimum Gasteiger partial charge on any atom is -0.320 e. The van der Waals surface area contributed by atoms with Crippen molar-refractivity contribution >= 4 is 23.3 Å². The van der Waals surface area contributed by atoms with Gasteiger partial charge in [-0.25, -0.2) is 8.42 Å². The fraction of sp³-hybridized carbons (Fsp3) is 0.438. The molecule has 3 aromatic carbocycles. The van der Waals surface area contributed by atoms with E-state index in [9.17, 15) is 8.42 Å². The van der Waals surface area contributed by atoms with Crippen molar-refractivity contribution in [2.75, 3.05) is 26.2 Å². The fourth-order valence-corrected chi connectivity index (χ4v) is 7.12. The van der Waals surface area contributed by atoms with E-state index in [-0.39, 0.29) is 4.90 Å². The summed E-state index contributed by atoms with van der Waals surface area (Å²) in [4.78, 5) is 0.254. The van der Waals surface area contributed by atoms with Crippen LogP contribution in [0.15, 0.2) is 65.6 Å². The van der Waals surface area contributed by atoms with Crippen molar-refractivity contribution in [3.63, 3.8) is 0 Å². The van der Waals surface area contributed by atoms with Crippen LogP contribution in [0.5, 0.6) is 0 Å². The van der Waals surface area contributed by atoms with Gasteiger partial charge >= 0.3 is 0 Å². The molecular formula is C32H44BN2O2S+. The Morgan fingerprint density at radius 3 is 1.84 bits per heavy atom. The summed E-state index contributed by atoms with van der Waals surface area (Å²) in [5.74, 6) is 0. The molecule has 2 radical (unpaired) electrons. The van der Waals surface area contributed by atoms with E-state index < -0.39 is 10.0 Å². The second kappa shape index (κ2) is 13.1. The molecule has 0 spiro atoms. The standard InChI is InChI=1S/C32H44BN2O2S/c1-7-35(8-2,24-30-20-27(5)17-28(6)21-30)15-10-9-14-34(23-29-18-25(3)16-26(4)19-29)38(36,37)32-13-11-12-31(33)22-32/h11-13,16-22H,7-10,14-15,23-24H2,1-6H3/q+1. The third-order valence-electron chi connectivity index (χ3n) is 7.57. The highest BCUT2D eigenvalue weighted by molar-refractivity contribution is 7.89. The molecule has 0 aliphatic rings. The molecule has 3 aromatic rings. The lowest BCUT2D eigenvalue weighted by Gasteiger charge is -2.37. The summed E-state index contributed by atoms with van der Waals surface area (Å²) >= 11 is 0. The molecule has 0 fully saturated rings. The Morgan fingerprint density at radius 1 is 0.763 bits per heavy atom. The molecule has 0 aromatic heterocycles. The molecule has 0 unspecified atom stereocenters. The third-order valence-corrected chi connectivity index (χ3v) is 9.41. The summed E-state index contributed by atoms with van der Waals surface area (Å²) in [6.45, 7) is 17.9. The van der Waals surface area contributed by atoms with Crippen molar-refractivity contribution in [1.29, 1.82) is 0 Å². The lowest BCUT2D eigenvalue weighted by atomic mass is 9.97. The molecule has 0 N–H and O–H groups in total. The first kappa shape index (κ1) is 30.1. The van der Waals surface area contributed by atoms with Crippen molar-refractivity contribution in [2.45, 2.75) is 72.4 Å². The van der Waals surface area contributed by atoms with Gasteiger partial charge in [0, 0.05) is 18.7 Å². The molecule has 0 aliphatic carbocycles. The first-order valence-corrected chi connectivity index (χ1v) is 15.3. The first-order valence-electron chi connectivity index (χ1n) is 13.8. The van der Waals surface area contributed by atoms with Crippen LogP contribution in [0.1, 0.15) is 60.1 Å². The van der Waals surface area contributed by atoms with Crippen LogP contribution in [0.25, 0.3) is 0 Å². The molecule has 0 amide bonds. The van der Waals surface area contributed by atoms with Gasteiger partial charge in [-0.15, -0.1) is 0 Å². The van der Waals surface area contributed by atoms with E-state index in [0.717, 1.165) is 60.2 Å². The van der Waals surface area contributed by atoms with Crippen molar-refractivity contribution in [3.05, 3.63) is 94.0 Å². The summed E-state index contributed by atoms with van der Waals surface area (Å²) in [5.41, 5.74) is 7.74. The summed E-state index contributed by atoms with van der Waals surface area (Å²) < 4.78 is 30.1. The molecule has 0 saturated heterocycles. The second-order valence-electron chi connectivity index (χ2n) is 11.0. The number of aryl methyl sites for hydroxylation is 4. The number of nitrogens with zero attached hydrogens (tertiary/aromatic N) is 2. The lowest BCUT2D eigenvalue weighted by molar-refractivity contribution is -0.938. The van der Waals surface area contributed by atoms with Gasteiger partial charge in [0.05, 0.1) is 24.5 Å². The van der Waals surface area contributed by atoms with Gasteiger partial charge in [-0.05, 0) is 72.1 Å². The van der Waals surface area contributed by atoms with Crippen molar-refractivity contribution in [1.82, 2.24) is 4.31 Å². The van der Waals surface area contributed by atoms with Gasteiger partial charge in [0.15, 0.2) is 0 Å². The molecule has 202 valence electrons. The first-order chi connectivity index (χ1) is 18.0. The van der Waals surface area contributed by atoms with Gasteiger partial charge in [0.25, 0.3) is 0 Å². The summed E-state index contributed by atoms with van der Waals surface area (Å²) in [6.07, 6.45) is 1.77. The van der Waals surface area contributed by atoms with Gasteiger partial charge in [0.1, 0.15) is 14.4 Å². The maximum atomic E-state index is 13.7. The van der Waals surface area contributed by atoms with Crippen LogP contribution >= 0.6 is 0 Å². The fourth-order valence-electron chi connectivity index (χ4n) is 5.60. The SMILES string of the molecule is [B]c1cccc(S(=O)(=O)N(CCCC[N+](CC)(CC)Cc2cc(C)cc(C)c2)Cc2cc(C)cc(C)c2)c1. The molecule has 0 heterocycles. The summed E-state index contributed by atoms with van der Waals surface area (Å²) in [5, 5.41) is 0. The molecule has 3 rings (SSSR count). The molecule has 38 heavy (non-hydrogen) atoms. The maximum Gasteiger partial charge on any atom is 0.243 e. The van der Waals surface area contributed by atoms with Crippen LogP contribution in [0, 0.1) is 27.7 Å². The number of hydrogen-bond donors (Lipinski definition) is 0. The van der Waals surface area contributed by atoms with E-state index >= 15 is 0 Å². The summed E-state index contributed by atoms with van der Waals surface area (Å²) in [7, 11) is 2.26. The Morgan fingerprint density at radius 2 is 1.32 bits per heavy atom. The lowest BCUT2D eigenvalue weighted by Crippen LogP contribution is -2.47. The van der Waals surface area contributed by atoms with E-state index in [1.807, 2.05) is 0 Å². The monoisotopic (exact) mass is 531 g/mol. The number of rotatable bonds is 13. The highest BCUT2D eigenvalue weighted by atomic mass is 32.2. The number of quaternary nitrogens is 1. The minimum atomic E-state index is -3.68. The van der Waals surface area contributed by atoms with Crippen LogP contribution in [-0.4, -0.2) is 51.2 Å². The Bertz CT molecular complexity index is 1290. The van der Waals surface area contributed by atoms with Gasteiger partial charge in [0.2, 0.25) is 10.0 Å². The zero-order chi connectivity index (χ0) is 27.9. The minimum absolute atomic E-state index is 0.254. The molecule has 0 aliphatic heterocycles. The van der Waals surface area contributed by atoms with Crippen molar-refractivity contribution in [3.8, 4) is 0 Å². The van der Waals surface area contributed by atoms with Gasteiger partial charge in [-0.2, -0.15) is 4.31 Å². The number of sulfonamides is 1. The molecule has 6 heteroatoms.